The van der Waals surface area contributed by atoms with Crippen LogP contribution in [-0.4, -0.2) is 13.4 Å². The Morgan fingerprint density at radius 3 is 2.67 bits per heavy atom. The summed E-state index contributed by atoms with van der Waals surface area (Å²) in [4.78, 5) is 0.180. The second-order valence-electron chi connectivity index (χ2n) is 4.64. The van der Waals surface area contributed by atoms with Crippen molar-refractivity contribution in [2.75, 3.05) is 0 Å². The van der Waals surface area contributed by atoms with Crippen LogP contribution >= 0.6 is 12.2 Å². The molecule has 0 saturated heterocycles. The fraction of sp³-hybridized carbons (Fsp3) is 0.214. The first-order valence-corrected chi connectivity index (χ1v) is 8.36. The molecule has 0 amide bonds. The van der Waals surface area contributed by atoms with Gasteiger partial charge >= 0.3 is 0 Å². The van der Waals surface area contributed by atoms with E-state index in [9.17, 15) is 8.42 Å². The Balaban J connectivity index is 2.17. The number of nitrogens with one attached hydrogen (secondary N) is 1. The van der Waals surface area contributed by atoms with Crippen molar-refractivity contribution in [1.82, 2.24) is 4.72 Å². The van der Waals surface area contributed by atoms with Crippen LogP contribution in [-0.2, 0) is 15.8 Å². The highest BCUT2D eigenvalue weighted by Gasteiger charge is 2.19. The number of furan rings is 1. The Labute approximate surface area is 129 Å². The fourth-order valence-electron chi connectivity index (χ4n) is 2.00. The molecule has 2 rings (SSSR count). The van der Waals surface area contributed by atoms with Gasteiger partial charge in [-0.15, -0.1) is 0 Å². The summed E-state index contributed by atoms with van der Waals surface area (Å²) in [5.41, 5.74) is 6.76. The van der Waals surface area contributed by atoms with Crippen molar-refractivity contribution in [3.05, 3.63) is 59.5 Å². The van der Waals surface area contributed by atoms with Gasteiger partial charge < -0.3 is 10.2 Å². The topological polar surface area (TPSA) is 85.3 Å². The van der Waals surface area contributed by atoms with Crippen LogP contribution in [0.4, 0.5) is 0 Å². The molecule has 5 nitrogen and oxygen atoms in total. The van der Waals surface area contributed by atoms with Gasteiger partial charge in [0.25, 0.3) is 0 Å². The molecule has 0 aliphatic carbocycles. The SMILES string of the molecule is CC(NS(=O)(=O)Cc1ccccc1C(N)=S)c1ccco1. The molecular formula is C14H16N2O3S2. The number of thiocarbonyl (C=S) groups is 1. The van der Waals surface area contributed by atoms with Crippen LogP contribution < -0.4 is 10.5 Å². The average Bonchev–Trinajstić information content (AvgIpc) is 2.91. The summed E-state index contributed by atoms with van der Waals surface area (Å²) in [5.74, 6) is 0.368. The average molecular weight is 324 g/mol. The first-order chi connectivity index (χ1) is 9.89. The predicted molar refractivity (Wildman–Crippen MR) is 85.2 cm³/mol. The Morgan fingerprint density at radius 1 is 1.33 bits per heavy atom. The van der Waals surface area contributed by atoms with Gasteiger partial charge in [-0.25, -0.2) is 13.1 Å². The lowest BCUT2D eigenvalue weighted by atomic mass is 10.1. The Morgan fingerprint density at radius 2 is 2.05 bits per heavy atom. The molecule has 1 aromatic carbocycles. The zero-order chi connectivity index (χ0) is 15.5. The Hall–Kier alpha value is -1.70. The van der Waals surface area contributed by atoms with Gasteiger partial charge in [0.05, 0.1) is 18.1 Å². The van der Waals surface area contributed by atoms with Crippen LogP contribution in [0, 0.1) is 0 Å². The van der Waals surface area contributed by atoms with Crippen molar-refractivity contribution in [3.8, 4) is 0 Å². The number of nitrogens with two attached hydrogens (primary N) is 1. The summed E-state index contributed by atoms with van der Waals surface area (Å²) in [6.07, 6.45) is 1.50. The predicted octanol–water partition coefficient (Wildman–Crippen LogP) is 2.09. The molecule has 2 aromatic rings. The van der Waals surface area contributed by atoms with Crippen LogP contribution in [0.25, 0.3) is 0 Å². The highest BCUT2D eigenvalue weighted by Crippen LogP contribution is 2.17. The van der Waals surface area contributed by atoms with Crippen molar-refractivity contribution in [3.63, 3.8) is 0 Å². The van der Waals surface area contributed by atoms with Gasteiger partial charge in [-0.05, 0) is 24.6 Å². The van der Waals surface area contributed by atoms with Crippen molar-refractivity contribution < 1.29 is 12.8 Å². The largest absolute Gasteiger partial charge is 0.468 e. The van der Waals surface area contributed by atoms with Crippen molar-refractivity contribution in [1.29, 1.82) is 0 Å². The minimum atomic E-state index is -3.54. The second-order valence-corrected chi connectivity index (χ2v) is 6.83. The maximum Gasteiger partial charge on any atom is 0.216 e. The number of hydrogen-bond acceptors (Lipinski definition) is 4. The molecule has 1 atom stereocenters. The lowest BCUT2D eigenvalue weighted by Gasteiger charge is -2.13. The van der Waals surface area contributed by atoms with Gasteiger partial charge in [0.2, 0.25) is 10.0 Å². The van der Waals surface area contributed by atoms with E-state index in [1.807, 2.05) is 0 Å². The van der Waals surface area contributed by atoms with E-state index in [0.717, 1.165) is 0 Å². The van der Waals surface area contributed by atoms with Crippen molar-refractivity contribution in [2.24, 2.45) is 5.73 Å². The number of rotatable bonds is 6. The highest BCUT2D eigenvalue weighted by molar-refractivity contribution is 7.88. The van der Waals surface area contributed by atoms with E-state index in [0.29, 0.717) is 16.9 Å². The molecule has 0 spiro atoms. The van der Waals surface area contributed by atoms with Crippen molar-refractivity contribution >= 4 is 27.2 Å². The molecule has 112 valence electrons. The molecule has 21 heavy (non-hydrogen) atoms. The maximum absolute atomic E-state index is 12.2. The highest BCUT2D eigenvalue weighted by atomic mass is 32.2. The van der Waals surface area contributed by atoms with Crippen LogP contribution in [0.2, 0.25) is 0 Å². The van der Waals surface area contributed by atoms with Gasteiger partial charge in [0.1, 0.15) is 10.7 Å². The first kappa shape index (κ1) is 15.7. The number of hydrogen-bond donors (Lipinski definition) is 2. The molecule has 0 bridgehead atoms. The molecule has 7 heteroatoms. The zero-order valence-corrected chi connectivity index (χ0v) is 13.1. The van der Waals surface area contributed by atoms with E-state index in [1.165, 1.54) is 6.26 Å². The smallest absolute Gasteiger partial charge is 0.216 e. The summed E-state index contributed by atoms with van der Waals surface area (Å²) >= 11 is 4.94. The molecule has 1 heterocycles. The van der Waals surface area contributed by atoms with Crippen molar-refractivity contribution in [2.45, 2.75) is 18.7 Å². The van der Waals surface area contributed by atoms with E-state index in [2.05, 4.69) is 4.72 Å². The quantitative estimate of drug-likeness (QED) is 0.795. The van der Waals surface area contributed by atoms with Gasteiger partial charge in [-0.3, -0.25) is 0 Å². The molecular weight excluding hydrogens is 308 g/mol. The summed E-state index contributed by atoms with van der Waals surface area (Å²) in [6.45, 7) is 1.72. The van der Waals surface area contributed by atoms with Crippen LogP contribution in [0.1, 0.15) is 29.9 Å². The van der Waals surface area contributed by atoms with Crippen LogP contribution in [0.5, 0.6) is 0 Å². The van der Waals surface area contributed by atoms with Crippen LogP contribution in [0.3, 0.4) is 0 Å². The maximum atomic E-state index is 12.2. The Bertz CT molecular complexity index is 724. The van der Waals surface area contributed by atoms with E-state index < -0.39 is 16.1 Å². The second kappa shape index (κ2) is 6.38. The fourth-order valence-corrected chi connectivity index (χ4v) is 3.60. The molecule has 3 N–H and O–H groups in total. The molecule has 0 saturated carbocycles. The van der Waals surface area contributed by atoms with E-state index in [1.54, 1.807) is 43.3 Å². The van der Waals surface area contributed by atoms with E-state index >= 15 is 0 Å². The van der Waals surface area contributed by atoms with E-state index in [-0.39, 0.29) is 10.7 Å². The molecule has 0 aliphatic rings. The summed E-state index contributed by atoms with van der Waals surface area (Å²) in [5, 5.41) is 0. The van der Waals surface area contributed by atoms with Gasteiger partial charge in [0.15, 0.2) is 0 Å². The lowest BCUT2D eigenvalue weighted by Crippen LogP contribution is -2.28. The van der Waals surface area contributed by atoms with Gasteiger partial charge in [-0.1, -0.05) is 36.5 Å². The third kappa shape index (κ3) is 4.13. The van der Waals surface area contributed by atoms with E-state index in [4.69, 9.17) is 22.4 Å². The normalized spacial score (nSPS) is 13.0. The van der Waals surface area contributed by atoms with Gasteiger partial charge in [-0.2, -0.15) is 0 Å². The zero-order valence-electron chi connectivity index (χ0n) is 11.4. The van der Waals surface area contributed by atoms with Gasteiger partial charge in [0, 0.05) is 5.56 Å². The minimum absolute atomic E-state index is 0.180. The third-order valence-electron chi connectivity index (χ3n) is 2.95. The molecule has 0 fully saturated rings. The first-order valence-electron chi connectivity index (χ1n) is 6.30. The van der Waals surface area contributed by atoms with Crippen LogP contribution in [0.15, 0.2) is 47.1 Å². The molecule has 0 radical (unpaired) electrons. The number of benzene rings is 1. The Kier molecular flexibility index (Phi) is 4.76. The molecule has 1 aromatic heterocycles. The lowest BCUT2D eigenvalue weighted by molar-refractivity contribution is 0.459. The third-order valence-corrected chi connectivity index (χ3v) is 4.58. The monoisotopic (exact) mass is 324 g/mol. The summed E-state index contributed by atoms with van der Waals surface area (Å²) in [6, 6.07) is 9.92. The summed E-state index contributed by atoms with van der Waals surface area (Å²) in [7, 11) is -3.54. The molecule has 1 unspecified atom stereocenters. The standard InChI is InChI=1S/C14H16N2O3S2/c1-10(13-7-4-8-19-13)16-21(17,18)9-11-5-2-3-6-12(11)14(15)20/h2-8,10,16H,9H2,1H3,(H2,15,20). The molecule has 0 aliphatic heterocycles. The minimum Gasteiger partial charge on any atom is -0.468 e. The summed E-state index contributed by atoms with van der Waals surface area (Å²) < 4.78 is 32.2. The number of sulfonamides is 1.